The Balaban J connectivity index is 1.72. The van der Waals surface area contributed by atoms with Gasteiger partial charge in [-0.3, -0.25) is 4.55 Å². The summed E-state index contributed by atoms with van der Waals surface area (Å²) in [5, 5.41) is 1.44. The molecule has 0 bridgehead atoms. The highest BCUT2D eigenvalue weighted by molar-refractivity contribution is 7.77. The van der Waals surface area contributed by atoms with Gasteiger partial charge in [-0.05, 0) is 31.3 Å². The largest absolute Gasteiger partial charge is 0.481 e. The number of allylic oxidation sites excluding steroid dienone is 1. The summed E-state index contributed by atoms with van der Waals surface area (Å²) >= 11 is 4.48. The zero-order chi connectivity index (χ0) is 23.4. The Morgan fingerprint density at radius 2 is 2.00 bits per heavy atom. The quantitative estimate of drug-likeness (QED) is 0.488. The van der Waals surface area contributed by atoms with Crippen molar-refractivity contribution >= 4 is 39.6 Å². The maximum absolute atomic E-state index is 11.1. The number of fused-ring (bicyclic) bond motifs is 1. The van der Waals surface area contributed by atoms with Gasteiger partial charge in [0.05, 0.1) is 17.6 Å². The second-order valence-electron chi connectivity index (χ2n) is 7.51. The highest BCUT2D eigenvalue weighted by Gasteiger charge is 2.20. The van der Waals surface area contributed by atoms with E-state index < -0.39 is 11.3 Å². The van der Waals surface area contributed by atoms with E-state index in [-0.39, 0.29) is 6.54 Å². The number of ether oxygens (including phenoxy) is 1. The van der Waals surface area contributed by atoms with E-state index in [4.69, 9.17) is 20.9 Å². The lowest BCUT2D eigenvalue weighted by Crippen LogP contribution is -2.44. The Hall–Kier alpha value is -2.79. The van der Waals surface area contributed by atoms with Crippen LogP contribution in [-0.4, -0.2) is 61.9 Å². The molecule has 2 aromatic heterocycles. The predicted molar refractivity (Wildman–Crippen MR) is 131 cm³/mol. The summed E-state index contributed by atoms with van der Waals surface area (Å²) in [6.45, 7) is 5.68. The lowest BCUT2D eigenvalue weighted by Gasteiger charge is -2.35. The number of piperazine rings is 1. The Kier molecular flexibility index (Phi) is 7.39. The molecule has 0 amide bonds. The number of rotatable bonds is 7. The Bertz CT molecular complexity index is 1200. The number of methoxy groups -OCH3 is 1. The number of aromatic nitrogens is 3. The maximum atomic E-state index is 11.1. The normalized spacial score (nSPS) is 15.4. The zero-order valence-corrected chi connectivity index (χ0v) is 19.9. The molecule has 1 atom stereocenters. The van der Waals surface area contributed by atoms with Crippen LogP contribution in [-0.2, 0) is 17.8 Å². The van der Waals surface area contributed by atoms with Crippen LogP contribution in [0.5, 0.6) is 5.88 Å². The molecule has 0 spiro atoms. The van der Waals surface area contributed by atoms with Gasteiger partial charge in [0.15, 0.2) is 0 Å². The number of pyridine rings is 1. The van der Waals surface area contributed by atoms with Crippen molar-refractivity contribution < 1.29 is 13.5 Å². The van der Waals surface area contributed by atoms with E-state index in [0.717, 1.165) is 54.0 Å². The molecular formula is C22H25ClN6O3S. The standard InChI is InChI=1S/C22H25ClN6O3S/c1-3-4-28-5-7-29(8-6-28)21-18-10-17(19(23)11-20(18)25-14-26-21)15-9-16(13-27-33(30)31)22(32-2)24-12-15/h3-4,9-12,14,27H,5-8,13H2,1-2H3,(H,30,31). The molecule has 1 saturated heterocycles. The summed E-state index contributed by atoms with van der Waals surface area (Å²) in [4.78, 5) is 17.9. The van der Waals surface area contributed by atoms with E-state index in [1.165, 1.54) is 7.11 Å². The van der Waals surface area contributed by atoms with Gasteiger partial charge in [-0.1, -0.05) is 17.7 Å². The van der Waals surface area contributed by atoms with Crippen LogP contribution in [0.3, 0.4) is 0 Å². The molecule has 1 unspecified atom stereocenters. The lowest BCUT2D eigenvalue weighted by molar-refractivity contribution is 0.348. The predicted octanol–water partition coefficient (Wildman–Crippen LogP) is 3.24. The topological polar surface area (TPSA) is 104 Å². The Morgan fingerprint density at radius 3 is 2.70 bits per heavy atom. The maximum Gasteiger partial charge on any atom is 0.232 e. The molecule has 2 N–H and O–H groups in total. The van der Waals surface area contributed by atoms with Gasteiger partial charge in [0.1, 0.15) is 12.1 Å². The van der Waals surface area contributed by atoms with Gasteiger partial charge in [-0.25, -0.2) is 23.9 Å². The summed E-state index contributed by atoms with van der Waals surface area (Å²) < 4.78 is 27.9. The fourth-order valence-corrected chi connectivity index (χ4v) is 4.47. The summed E-state index contributed by atoms with van der Waals surface area (Å²) in [5.41, 5.74) is 2.94. The number of nitrogens with zero attached hydrogens (tertiary/aromatic N) is 5. The fraction of sp³-hybridized carbons (Fsp3) is 0.318. The van der Waals surface area contributed by atoms with Gasteiger partial charge in [0.2, 0.25) is 17.1 Å². The van der Waals surface area contributed by atoms with Gasteiger partial charge in [-0.15, -0.1) is 0 Å². The molecule has 1 aliphatic rings. The van der Waals surface area contributed by atoms with Crippen LogP contribution >= 0.6 is 11.6 Å². The summed E-state index contributed by atoms with van der Waals surface area (Å²) in [5.74, 6) is 1.24. The first-order valence-corrected chi connectivity index (χ1v) is 11.9. The summed E-state index contributed by atoms with van der Waals surface area (Å²) in [7, 11) is 1.50. The first-order valence-electron chi connectivity index (χ1n) is 10.4. The number of benzene rings is 1. The number of nitrogens with one attached hydrogen (secondary N) is 1. The highest BCUT2D eigenvalue weighted by atomic mass is 35.5. The first-order chi connectivity index (χ1) is 16.0. The van der Waals surface area contributed by atoms with E-state index in [1.54, 1.807) is 12.5 Å². The highest BCUT2D eigenvalue weighted by Crippen LogP contribution is 2.35. The second kappa shape index (κ2) is 10.4. The monoisotopic (exact) mass is 488 g/mol. The third-order valence-corrected chi connectivity index (χ3v) is 6.20. The van der Waals surface area contributed by atoms with Crippen molar-refractivity contribution in [3.8, 4) is 17.0 Å². The summed E-state index contributed by atoms with van der Waals surface area (Å²) in [6, 6.07) is 5.66. The van der Waals surface area contributed by atoms with E-state index in [0.29, 0.717) is 16.5 Å². The Morgan fingerprint density at radius 1 is 1.21 bits per heavy atom. The minimum absolute atomic E-state index is 0.114. The van der Waals surface area contributed by atoms with E-state index >= 15 is 0 Å². The smallest absolute Gasteiger partial charge is 0.232 e. The molecule has 3 aromatic rings. The molecule has 0 radical (unpaired) electrons. The third kappa shape index (κ3) is 5.25. The molecule has 1 fully saturated rings. The number of hydrogen-bond acceptors (Lipinski definition) is 7. The van der Waals surface area contributed by atoms with Crippen LogP contribution in [0, 0.1) is 0 Å². The van der Waals surface area contributed by atoms with Crippen molar-refractivity contribution in [3.63, 3.8) is 0 Å². The molecule has 0 saturated carbocycles. The molecule has 1 aromatic carbocycles. The van der Waals surface area contributed by atoms with Crippen molar-refractivity contribution in [1.29, 1.82) is 0 Å². The molecule has 0 aliphatic carbocycles. The molecule has 3 heterocycles. The van der Waals surface area contributed by atoms with Gasteiger partial charge < -0.3 is 14.5 Å². The molecular weight excluding hydrogens is 464 g/mol. The fourth-order valence-electron chi connectivity index (χ4n) is 3.93. The minimum Gasteiger partial charge on any atom is -0.481 e. The van der Waals surface area contributed by atoms with Crippen molar-refractivity contribution in [2.75, 3.05) is 38.2 Å². The number of hydrogen-bond donors (Lipinski definition) is 2. The zero-order valence-electron chi connectivity index (χ0n) is 18.4. The van der Waals surface area contributed by atoms with Crippen LogP contribution in [0.4, 0.5) is 5.82 Å². The molecule has 9 nitrogen and oxygen atoms in total. The molecule has 33 heavy (non-hydrogen) atoms. The van der Waals surface area contributed by atoms with Crippen LogP contribution in [0.25, 0.3) is 22.0 Å². The third-order valence-electron chi connectivity index (χ3n) is 5.49. The van der Waals surface area contributed by atoms with Crippen LogP contribution in [0.15, 0.2) is 43.0 Å². The van der Waals surface area contributed by atoms with Crippen molar-refractivity contribution in [1.82, 2.24) is 24.6 Å². The molecule has 4 rings (SSSR count). The van der Waals surface area contributed by atoms with Crippen molar-refractivity contribution in [3.05, 3.63) is 53.6 Å². The molecule has 174 valence electrons. The second-order valence-corrected chi connectivity index (χ2v) is 8.71. The first kappa shape index (κ1) is 23.4. The molecule has 1 aliphatic heterocycles. The minimum atomic E-state index is -2.15. The lowest BCUT2D eigenvalue weighted by atomic mass is 10.0. The summed E-state index contributed by atoms with van der Waals surface area (Å²) in [6.07, 6.45) is 7.40. The van der Waals surface area contributed by atoms with Crippen LogP contribution in [0.1, 0.15) is 12.5 Å². The van der Waals surface area contributed by atoms with E-state index in [1.807, 2.05) is 25.1 Å². The van der Waals surface area contributed by atoms with E-state index in [2.05, 4.69) is 41.7 Å². The molecule has 11 heteroatoms. The van der Waals surface area contributed by atoms with E-state index in [9.17, 15) is 4.21 Å². The Labute approximate surface area is 199 Å². The van der Waals surface area contributed by atoms with Crippen LogP contribution < -0.4 is 14.4 Å². The van der Waals surface area contributed by atoms with Gasteiger partial charge in [0.25, 0.3) is 0 Å². The average molecular weight is 489 g/mol. The van der Waals surface area contributed by atoms with Gasteiger partial charge >= 0.3 is 0 Å². The van der Waals surface area contributed by atoms with Crippen LogP contribution in [0.2, 0.25) is 5.02 Å². The van der Waals surface area contributed by atoms with Crippen molar-refractivity contribution in [2.24, 2.45) is 0 Å². The average Bonchev–Trinajstić information content (AvgIpc) is 2.82. The number of halogens is 1. The SMILES string of the molecule is CC=CN1CCN(c2ncnc3cc(Cl)c(-c4cnc(OC)c(CNS(=O)O)c4)cc23)CC1. The number of anilines is 1. The van der Waals surface area contributed by atoms with Gasteiger partial charge in [0, 0.05) is 61.0 Å². The van der Waals surface area contributed by atoms with Crippen molar-refractivity contribution in [2.45, 2.75) is 13.5 Å². The van der Waals surface area contributed by atoms with Gasteiger partial charge in [-0.2, -0.15) is 0 Å².